The molecule has 1 atom stereocenters. The van der Waals surface area contributed by atoms with Crippen LogP contribution in [0.1, 0.15) is 62.2 Å². The number of benzene rings is 4. The van der Waals surface area contributed by atoms with Gasteiger partial charge in [-0.1, -0.05) is 43.3 Å². The quantitative estimate of drug-likeness (QED) is 0.0692. The molecule has 0 spiro atoms. The van der Waals surface area contributed by atoms with E-state index in [1.807, 2.05) is 54.6 Å². The van der Waals surface area contributed by atoms with E-state index in [1.54, 1.807) is 42.7 Å². The molecule has 12 nitrogen and oxygen atoms in total. The van der Waals surface area contributed by atoms with Gasteiger partial charge in [-0.3, -0.25) is 5.32 Å². The van der Waals surface area contributed by atoms with E-state index in [1.165, 1.54) is 12.0 Å². The molecule has 298 valence electrons. The number of fused-ring (bicyclic) bond motifs is 1. The lowest BCUT2D eigenvalue weighted by Crippen LogP contribution is -2.32. The SMILES string of the molecule is COc1ccc2c(c1)CNC(c1ccc(OCCCCCCCCCOc3cc(-c4cc(-c5cc(OC)c(OC)c(OC)c5)on4)ccc3OC)c(OC)c1)N2. The standard InChI is InChI=1S/C44H53N3O9/c1-48-33-16-17-34-32(22-33)28-45-44(46-34)30-15-19-37(39(24-30)50-3)54-20-12-10-8-7-9-11-13-21-55-40-23-29(14-18-36(40)49-2)35-27-38(56-47-35)31-25-41(51-4)43(53-6)42(26-31)52-5/h14-19,22-27,44-46H,7-13,20-21,28H2,1-6H3. The Hall–Kier alpha value is -5.75. The topological polar surface area (TPSA) is 124 Å². The zero-order chi connectivity index (χ0) is 39.3. The summed E-state index contributed by atoms with van der Waals surface area (Å²) in [5.41, 5.74) is 5.63. The highest BCUT2D eigenvalue weighted by atomic mass is 16.5. The third-order valence-electron chi connectivity index (χ3n) is 9.85. The van der Waals surface area contributed by atoms with E-state index in [2.05, 4.69) is 34.0 Å². The van der Waals surface area contributed by atoms with Gasteiger partial charge in [0, 0.05) is 29.4 Å². The zero-order valence-corrected chi connectivity index (χ0v) is 33.2. The summed E-state index contributed by atoms with van der Waals surface area (Å²) in [6.45, 7) is 2.00. The molecule has 0 aliphatic carbocycles. The first kappa shape index (κ1) is 39.9. The van der Waals surface area contributed by atoms with Crippen molar-refractivity contribution in [3.05, 3.63) is 83.9 Å². The summed E-state index contributed by atoms with van der Waals surface area (Å²) in [6, 6.07) is 23.5. The van der Waals surface area contributed by atoms with E-state index in [0.29, 0.717) is 53.4 Å². The molecule has 5 aromatic rings. The van der Waals surface area contributed by atoms with Gasteiger partial charge in [-0.25, -0.2) is 0 Å². The molecule has 1 aliphatic heterocycles. The normalized spacial score (nSPS) is 13.3. The molecule has 1 aromatic heterocycles. The number of aromatic nitrogens is 1. The molecule has 0 radical (unpaired) electrons. The molecule has 1 unspecified atom stereocenters. The Morgan fingerprint density at radius 1 is 0.571 bits per heavy atom. The molecule has 4 aromatic carbocycles. The molecule has 2 N–H and O–H groups in total. The highest BCUT2D eigenvalue weighted by Gasteiger charge is 2.21. The van der Waals surface area contributed by atoms with Crippen LogP contribution in [0.4, 0.5) is 5.69 Å². The summed E-state index contributed by atoms with van der Waals surface area (Å²) in [7, 11) is 9.74. The Labute approximate surface area is 329 Å². The number of anilines is 1. The minimum Gasteiger partial charge on any atom is -0.497 e. The minimum absolute atomic E-state index is 0.0255. The predicted octanol–water partition coefficient (Wildman–Crippen LogP) is 9.46. The Bertz CT molecular complexity index is 2010. The van der Waals surface area contributed by atoms with Crippen molar-refractivity contribution >= 4 is 5.69 Å². The van der Waals surface area contributed by atoms with Crippen molar-refractivity contribution in [2.45, 2.75) is 57.7 Å². The Morgan fingerprint density at radius 2 is 1.21 bits per heavy atom. The maximum atomic E-state index is 6.18. The van der Waals surface area contributed by atoms with Gasteiger partial charge in [0.05, 0.1) is 55.9 Å². The summed E-state index contributed by atoms with van der Waals surface area (Å²) in [5, 5.41) is 11.4. The fourth-order valence-corrected chi connectivity index (χ4v) is 6.76. The van der Waals surface area contributed by atoms with Crippen molar-refractivity contribution in [1.29, 1.82) is 0 Å². The van der Waals surface area contributed by atoms with Crippen LogP contribution in [-0.2, 0) is 6.54 Å². The molecule has 1 aliphatic rings. The van der Waals surface area contributed by atoms with Crippen molar-refractivity contribution in [1.82, 2.24) is 10.5 Å². The van der Waals surface area contributed by atoms with E-state index >= 15 is 0 Å². The number of methoxy groups -OCH3 is 6. The molecule has 6 rings (SSSR count). The van der Waals surface area contributed by atoms with E-state index in [4.69, 9.17) is 42.4 Å². The van der Waals surface area contributed by atoms with Crippen LogP contribution in [0.3, 0.4) is 0 Å². The monoisotopic (exact) mass is 767 g/mol. The first-order valence-corrected chi connectivity index (χ1v) is 19.0. The van der Waals surface area contributed by atoms with Gasteiger partial charge in [-0.2, -0.15) is 0 Å². The molecule has 12 heteroatoms. The fraction of sp³-hybridized carbons (Fsp3) is 0.386. The minimum atomic E-state index is -0.0255. The largest absolute Gasteiger partial charge is 0.497 e. The van der Waals surface area contributed by atoms with Gasteiger partial charge in [-0.15, -0.1) is 0 Å². The molecule has 0 saturated heterocycles. The molecule has 0 saturated carbocycles. The van der Waals surface area contributed by atoms with Crippen LogP contribution >= 0.6 is 0 Å². The van der Waals surface area contributed by atoms with E-state index in [9.17, 15) is 0 Å². The summed E-state index contributed by atoms with van der Waals surface area (Å²) in [4.78, 5) is 0. The van der Waals surface area contributed by atoms with Crippen molar-refractivity contribution in [3.63, 3.8) is 0 Å². The van der Waals surface area contributed by atoms with Gasteiger partial charge in [0.15, 0.2) is 40.3 Å². The molecular weight excluding hydrogens is 714 g/mol. The van der Waals surface area contributed by atoms with E-state index < -0.39 is 0 Å². The number of nitrogens with zero attached hydrogens (tertiary/aromatic N) is 1. The lowest BCUT2D eigenvalue weighted by molar-refractivity contribution is 0.281. The van der Waals surface area contributed by atoms with Crippen LogP contribution in [0.2, 0.25) is 0 Å². The molecule has 0 bridgehead atoms. The number of hydrogen-bond acceptors (Lipinski definition) is 12. The summed E-state index contributed by atoms with van der Waals surface area (Å²) in [5.74, 6) is 5.83. The molecule has 2 heterocycles. The second-order valence-electron chi connectivity index (χ2n) is 13.4. The third-order valence-corrected chi connectivity index (χ3v) is 9.85. The first-order chi connectivity index (χ1) is 27.5. The lowest BCUT2D eigenvalue weighted by atomic mass is 10.1. The summed E-state index contributed by atoms with van der Waals surface area (Å²) < 4.78 is 51.1. The predicted molar refractivity (Wildman–Crippen MR) is 216 cm³/mol. The average molecular weight is 768 g/mol. The highest BCUT2D eigenvalue weighted by Crippen LogP contribution is 2.42. The smallest absolute Gasteiger partial charge is 0.203 e. The van der Waals surface area contributed by atoms with Gasteiger partial charge in [0.1, 0.15) is 17.6 Å². The lowest BCUT2D eigenvalue weighted by Gasteiger charge is -2.29. The second-order valence-corrected chi connectivity index (χ2v) is 13.4. The van der Waals surface area contributed by atoms with Crippen LogP contribution in [0, 0.1) is 0 Å². The first-order valence-electron chi connectivity index (χ1n) is 19.0. The highest BCUT2D eigenvalue weighted by molar-refractivity contribution is 5.72. The second kappa shape index (κ2) is 19.7. The summed E-state index contributed by atoms with van der Waals surface area (Å²) >= 11 is 0. The van der Waals surface area contributed by atoms with Gasteiger partial charge < -0.3 is 47.7 Å². The van der Waals surface area contributed by atoms with Crippen molar-refractivity contribution < 1.29 is 42.4 Å². The number of unbranched alkanes of at least 4 members (excludes halogenated alkanes) is 6. The van der Waals surface area contributed by atoms with Crippen molar-refractivity contribution in [3.8, 4) is 68.6 Å². The average Bonchev–Trinajstić information content (AvgIpc) is 3.75. The Kier molecular flexibility index (Phi) is 14.1. The van der Waals surface area contributed by atoms with Crippen LogP contribution in [-0.4, -0.2) is 61.0 Å². The van der Waals surface area contributed by atoms with E-state index in [-0.39, 0.29) is 6.17 Å². The van der Waals surface area contributed by atoms with Gasteiger partial charge >= 0.3 is 0 Å². The van der Waals surface area contributed by atoms with Gasteiger partial charge in [-0.05, 0) is 84.6 Å². The molecule has 56 heavy (non-hydrogen) atoms. The maximum absolute atomic E-state index is 6.18. The third kappa shape index (κ3) is 9.72. The number of nitrogens with one attached hydrogen (secondary N) is 2. The van der Waals surface area contributed by atoms with E-state index in [0.717, 1.165) is 84.7 Å². The van der Waals surface area contributed by atoms with Crippen LogP contribution in [0.15, 0.2) is 77.3 Å². The summed E-state index contributed by atoms with van der Waals surface area (Å²) in [6.07, 6.45) is 7.62. The maximum Gasteiger partial charge on any atom is 0.203 e. The van der Waals surface area contributed by atoms with Crippen LogP contribution in [0.5, 0.6) is 46.0 Å². The van der Waals surface area contributed by atoms with Crippen LogP contribution < -0.4 is 48.5 Å². The Morgan fingerprint density at radius 3 is 1.88 bits per heavy atom. The van der Waals surface area contributed by atoms with Crippen molar-refractivity contribution in [2.75, 3.05) is 61.2 Å². The molecule has 0 fully saturated rings. The number of rotatable bonds is 21. The van der Waals surface area contributed by atoms with Gasteiger partial charge in [0.2, 0.25) is 5.75 Å². The zero-order valence-electron chi connectivity index (χ0n) is 33.2. The Balaban J connectivity index is 0.893. The number of hydrogen-bond donors (Lipinski definition) is 2. The number of ether oxygens (including phenoxy) is 8. The molecule has 0 amide bonds. The van der Waals surface area contributed by atoms with Crippen molar-refractivity contribution in [2.24, 2.45) is 0 Å². The van der Waals surface area contributed by atoms with Gasteiger partial charge in [0.25, 0.3) is 0 Å². The molecular formula is C44H53N3O9. The van der Waals surface area contributed by atoms with Crippen LogP contribution in [0.25, 0.3) is 22.6 Å². The fourth-order valence-electron chi connectivity index (χ4n) is 6.76.